The lowest BCUT2D eigenvalue weighted by molar-refractivity contribution is -0.192. The summed E-state index contributed by atoms with van der Waals surface area (Å²) in [7, 11) is 0. The Morgan fingerprint density at radius 1 is 1.33 bits per heavy atom. The third-order valence-electron chi connectivity index (χ3n) is 3.10. The first kappa shape index (κ1) is 15.2. The molecule has 2 rings (SSSR count). The Bertz CT molecular complexity index is 306. The number of hydrogen-bond acceptors (Lipinski definition) is 3. The average Bonchev–Trinajstić information content (AvgIpc) is 3.05. The molecule has 2 atom stereocenters. The molecule has 0 radical (unpaired) electrons. The smallest absolute Gasteiger partial charge is 0.475 e. The third kappa shape index (κ3) is 3.81. The highest BCUT2D eigenvalue weighted by Crippen LogP contribution is 2.44. The summed E-state index contributed by atoms with van der Waals surface area (Å²) in [5, 5.41) is 19.9. The summed E-state index contributed by atoms with van der Waals surface area (Å²) >= 11 is 0. The fourth-order valence-corrected chi connectivity index (χ4v) is 1.89. The quantitative estimate of drug-likeness (QED) is 0.626. The lowest BCUT2D eigenvalue weighted by Gasteiger charge is -2.36. The van der Waals surface area contributed by atoms with Crippen molar-refractivity contribution in [1.82, 2.24) is 5.32 Å². The Hall–Kier alpha value is -0.890. The van der Waals surface area contributed by atoms with E-state index in [-0.39, 0.29) is 5.92 Å². The molecule has 106 valence electrons. The van der Waals surface area contributed by atoms with Crippen molar-refractivity contribution in [2.24, 2.45) is 5.92 Å². The predicted molar refractivity (Wildman–Crippen MR) is 53.7 cm³/mol. The molecule has 0 amide bonds. The third-order valence-corrected chi connectivity index (χ3v) is 3.10. The standard InChI is InChI=1S/C8H14FNO.C2HF3O2/c9-7-5-10-4-3-8(7,11)6-1-2-6;3-2(4,5)1(6)7/h6-7,10-11H,1-5H2;(H,6,7). The van der Waals surface area contributed by atoms with Crippen LogP contribution in [0.4, 0.5) is 17.6 Å². The molecule has 2 aliphatic rings. The van der Waals surface area contributed by atoms with Crippen LogP contribution in [0.5, 0.6) is 0 Å². The summed E-state index contributed by atoms with van der Waals surface area (Å²) < 4.78 is 44.9. The zero-order valence-corrected chi connectivity index (χ0v) is 9.50. The highest BCUT2D eigenvalue weighted by Gasteiger charge is 2.50. The van der Waals surface area contributed by atoms with Gasteiger partial charge in [-0.15, -0.1) is 0 Å². The SMILES string of the molecule is O=C(O)C(F)(F)F.OC1(C2CC2)CCNCC1F. The van der Waals surface area contributed by atoms with Gasteiger partial charge in [-0.05, 0) is 31.7 Å². The van der Waals surface area contributed by atoms with Gasteiger partial charge in [-0.3, -0.25) is 0 Å². The van der Waals surface area contributed by atoms with Crippen molar-refractivity contribution < 1.29 is 32.6 Å². The molecule has 8 heteroatoms. The van der Waals surface area contributed by atoms with E-state index >= 15 is 0 Å². The Balaban J connectivity index is 0.000000203. The molecule has 1 aliphatic carbocycles. The van der Waals surface area contributed by atoms with Gasteiger partial charge in [0.05, 0.1) is 0 Å². The van der Waals surface area contributed by atoms with Crippen LogP contribution in [-0.4, -0.2) is 47.2 Å². The van der Waals surface area contributed by atoms with Crippen molar-refractivity contribution in [2.45, 2.75) is 37.2 Å². The Kier molecular flexibility index (Phi) is 4.55. The van der Waals surface area contributed by atoms with Gasteiger partial charge in [0.2, 0.25) is 0 Å². The number of nitrogens with one attached hydrogen (secondary N) is 1. The predicted octanol–water partition coefficient (Wildman–Crippen LogP) is 1.09. The molecule has 0 aromatic heterocycles. The van der Waals surface area contributed by atoms with Crippen LogP contribution >= 0.6 is 0 Å². The van der Waals surface area contributed by atoms with Gasteiger partial charge in [-0.25, -0.2) is 9.18 Å². The number of halogens is 4. The van der Waals surface area contributed by atoms with Crippen LogP contribution in [0, 0.1) is 5.92 Å². The molecule has 0 bridgehead atoms. The average molecular weight is 273 g/mol. The second-order valence-corrected chi connectivity index (χ2v) is 4.49. The minimum absolute atomic E-state index is 0.250. The number of aliphatic carboxylic acids is 1. The molecule has 2 fully saturated rings. The van der Waals surface area contributed by atoms with Crippen molar-refractivity contribution in [3.63, 3.8) is 0 Å². The van der Waals surface area contributed by atoms with E-state index < -0.39 is 23.9 Å². The van der Waals surface area contributed by atoms with Crippen molar-refractivity contribution in [3.05, 3.63) is 0 Å². The maximum Gasteiger partial charge on any atom is 0.490 e. The lowest BCUT2D eigenvalue weighted by Crippen LogP contribution is -2.53. The van der Waals surface area contributed by atoms with Crippen LogP contribution in [-0.2, 0) is 4.79 Å². The number of aliphatic hydroxyl groups is 1. The maximum atomic E-state index is 13.2. The van der Waals surface area contributed by atoms with Crippen molar-refractivity contribution in [3.8, 4) is 0 Å². The van der Waals surface area contributed by atoms with Gasteiger partial charge in [0.15, 0.2) is 0 Å². The summed E-state index contributed by atoms with van der Waals surface area (Å²) in [4.78, 5) is 8.90. The van der Waals surface area contributed by atoms with Crippen LogP contribution in [0.1, 0.15) is 19.3 Å². The fraction of sp³-hybridized carbons (Fsp3) is 0.900. The van der Waals surface area contributed by atoms with Gasteiger partial charge in [0.1, 0.15) is 11.8 Å². The largest absolute Gasteiger partial charge is 0.490 e. The lowest BCUT2D eigenvalue weighted by atomic mass is 9.86. The molecule has 1 saturated carbocycles. The van der Waals surface area contributed by atoms with E-state index in [0.717, 1.165) is 19.4 Å². The highest BCUT2D eigenvalue weighted by molar-refractivity contribution is 5.73. The first-order chi connectivity index (χ1) is 8.18. The van der Waals surface area contributed by atoms with Crippen LogP contribution in [0.3, 0.4) is 0 Å². The van der Waals surface area contributed by atoms with Gasteiger partial charge < -0.3 is 15.5 Å². The van der Waals surface area contributed by atoms with Crippen LogP contribution in [0.25, 0.3) is 0 Å². The second kappa shape index (κ2) is 5.40. The normalized spacial score (nSPS) is 32.4. The molecule has 2 unspecified atom stereocenters. The molecular formula is C10H15F4NO3. The number of carboxylic acid groups (broad SMARTS) is 1. The van der Waals surface area contributed by atoms with Crippen molar-refractivity contribution in [1.29, 1.82) is 0 Å². The molecule has 1 heterocycles. The first-order valence-electron chi connectivity index (χ1n) is 5.55. The number of carboxylic acids is 1. The summed E-state index contributed by atoms with van der Waals surface area (Å²) in [5.41, 5.74) is -0.981. The number of rotatable bonds is 1. The molecule has 0 aromatic carbocycles. The van der Waals surface area contributed by atoms with E-state index in [2.05, 4.69) is 5.32 Å². The minimum Gasteiger partial charge on any atom is -0.475 e. The zero-order valence-electron chi connectivity index (χ0n) is 9.50. The Morgan fingerprint density at radius 2 is 1.83 bits per heavy atom. The highest BCUT2D eigenvalue weighted by atomic mass is 19.4. The number of piperidine rings is 1. The van der Waals surface area contributed by atoms with E-state index in [1.807, 2.05) is 0 Å². The van der Waals surface area contributed by atoms with Gasteiger partial charge in [0.25, 0.3) is 0 Å². The van der Waals surface area contributed by atoms with Gasteiger partial charge in [-0.2, -0.15) is 13.2 Å². The van der Waals surface area contributed by atoms with Crippen LogP contribution < -0.4 is 5.32 Å². The van der Waals surface area contributed by atoms with E-state index in [9.17, 15) is 22.7 Å². The maximum absolute atomic E-state index is 13.2. The molecule has 0 aromatic rings. The fourth-order valence-electron chi connectivity index (χ4n) is 1.89. The van der Waals surface area contributed by atoms with Gasteiger partial charge in [0, 0.05) is 6.54 Å². The monoisotopic (exact) mass is 273 g/mol. The Morgan fingerprint density at radius 3 is 2.17 bits per heavy atom. The van der Waals surface area contributed by atoms with E-state index in [0.29, 0.717) is 13.0 Å². The molecule has 1 aliphatic heterocycles. The minimum atomic E-state index is -5.08. The first-order valence-corrected chi connectivity index (χ1v) is 5.55. The second-order valence-electron chi connectivity index (χ2n) is 4.49. The Labute approximate surface area is 101 Å². The van der Waals surface area contributed by atoms with Crippen LogP contribution in [0.15, 0.2) is 0 Å². The number of hydrogen-bond donors (Lipinski definition) is 3. The van der Waals surface area contributed by atoms with E-state index in [1.54, 1.807) is 0 Å². The molecule has 18 heavy (non-hydrogen) atoms. The molecule has 3 N–H and O–H groups in total. The molecular weight excluding hydrogens is 258 g/mol. The number of alkyl halides is 4. The summed E-state index contributed by atoms with van der Waals surface area (Å²) in [6.45, 7) is 1.08. The summed E-state index contributed by atoms with van der Waals surface area (Å²) in [5.74, 6) is -2.51. The van der Waals surface area contributed by atoms with Gasteiger partial charge in [-0.1, -0.05) is 0 Å². The molecule has 4 nitrogen and oxygen atoms in total. The molecule has 0 spiro atoms. The zero-order chi connectivity index (χ0) is 14.0. The van der Waals surface area contributed by atoms with Crippen molar-refractivity contribution >= 4 is 5.97 Å². The number of carbonyl (C=O) groups is 1. The van der Waals surface area contributed by atoms with E-state index in [4.69, 9.17) is 9.90 Å². The molecule has 1 saturated heterocycles. The van der Waals surface area contributed by atoms with Gasteiger partial charge >= 0.3 is 12.1 Å². The van der Waals surface area contributed by atoms with E-state index in [1.165, 1.54) is 0 Å². The summed E-state index contributed by atoms with van der Waals surface area (Å²) in [6.07, 6.45) is -3.53. The van der Waals surface area contributed by atoms with Crippen LogP contribution in [0.2, 0.25) is 0 Å². The topological polar surface area (TPSA) is 69.6 Å². The summed E-state index contributed by atoms with van der Waals surface area (Å²) in [6, 6.07) is 0. The van der Waals surface area contributed by atoms with Crippen molar-refractivity contribution in [2.75, 3.05) is 13.1 Å².